The molecule has 0 bridgehead atoms. The maximum Gasteiger partial charge on any atom is 0.515 e. The van der Waals surface area contributed by atoms with Crippen LogP contribution in [0, 0.1) is 0 Å². The third-order valence-electron chi connectivity index (χ3n) is 0.398. The average molecular weight is 539 g/mol. The first kappa shape index (κ1) is 26.1. The van der Waals surface area contributed by atoms with E-state index in [9.17, 15) is 4.79 Å². The Morgan fingerprint density at radius 2 is 0.933 bits per heavy atom. The van der Waals surface area contributed by atoms with Crippen LogP contribution in [0.4, 0.5) is 4.79 Å². The number of ether oxygens (including phenoxy) is 2. The van der Waals surface area contributed by atoms with Crippen molar-refractivity contribution in [3.63, 3.8) is 0 Å². The van der Waals surface area contributed by atoms with Crippen LogP contribution in [0.1, 0.15) is 0 Å². The van der Waals surface area contributed by atoms with Gasteiger partial charge in [0.15, 0.2) is 0 Å². The zero-order valence-corrected chi connectivity index (χ0v) is 15.9. The van der Waals surface area contributed by atoms with E-state index in [2.05, 4.69) is 9.47 Å². The average Bonchev–Trinajstić information content (AvgIpc) is 1.49. The summed E-state index contributed by atoms with van der Waals surface area (Å²) >= 11 is 30.2. The van der Waals surface area contributed by atoms with E-state index in [1.54, 1.807) is 0 Å². The van der Waals surface area contributed by atoms with Crippen molar-refractivity contribution in [2.24, 2.45) is 0 Å². The fraction of sp³-hybridized carbons (Fsp3) is 0.667. The fourth-order valence-electron chi connectivity index (χ4n) is 0.210. The molecule has 96 valence electrons. The molecule has 0 saturated heterocycles. The molecule has 0 aliphatic carbocycles. The van der Waals surface area contributed by atoms with Crippen molar-refractivity contribution in [2.45, 2.75) is 7.96 Å². The largest absolute Gasteiger partial charge is 0.515 e. The second-order valence-electron chi connectivity index (χ2n) is 1.35. The minimum Gasteiger partial charge on any atom is -0.382 e. The van der Waals surface area contributed by atoms with Crippen LogP contribution in [0.2, 0.25) is 0 Å². The zero-order valence-electron chi connectivity index (χ0n) is 6.22. The van der Waals surface area contributed by atoms with E-state index in [0.717, 1.165) is 0 Å². The molecule has 0 spiro atoms. The Labute approximate surface area is 147 Å². The maximum atomic E-state index is 10.5. The molecule has 0 aliphatic heterocycles. The molecule has 12 heteroatoms. The number of hydrogen-bond acceptors (Lipinski definition) is 3. The molecule has 0 rings (SSSR count). The third kappa shape index (κ3) is 22.2. The van der Waals surface area contributed by atoms with Gasteiger partial charge >= 0.3 is 14.1 Å². The first-order valence-electron chi connectivity index (χ1n) is 2.15. The summed E-state index contributed by atoms with van der Waals surface area (Å²) in [4.78, 5) is 10.5. The van der Waals surface area contributed by atoms with Crippen molar-refractivity contribution in [1.82, 2.24) is 0 Å². The Kier molecular flexibility index (Phi) is 18.1. The van der Waals surface area contributed by atoms with Crippen LogP contribution >= 0.6 is 121 Å². The highest BCUT2D eigenvalue weighted by molar-refractivity contribution is 8.93. The summed E-state index contributed by atoms with van der Waals surface area (Å²) in [5.41, 5.74) is 0. The van der Waals surface area contributed by atoms with Crippen molar-refractivity contribution < 1.29 is 14.3 Å². The lowest BCUT2D eigenvalue weighted by Crippen LogP contribution is -2.22. The number of carbonyl (C=O) groups excluding carboxylic acids is 1. The van der Waals surface area contributed by atoms with Gasteiger partial charge in [-0.15, -0.1) is 50.9 Å². The predicted octanol–water partition coefficient (Wildman–Crippen LogP) is 5.53. The smallest absolute Gasteiger partial charge is 0.382 e. The zero-order chi connectivity index (χ0) is 9.99. The van der Waals surface area contributed by atoms with Crippen LogP contribution in [-0.4, -0.2) is 14.1 Å². The molecule has 0 N–H and O–H groups in total. The second-order valence-corrected chi connectivity index (χ2v) is 5.70. The summed E-state index contributed by atoms with van der Waals surface area (Å²) in [7, 11) is 0. The van der Waals surface area contributed by atoms with Crippen molar-refractivity contribution in [3.05, 3.63) is 0 Å². The van der Waals surface area contributed by atoms with Crippen LogP contribution < -0.4 is 0 Å². The lowest BCUT2D eigenvalue weighted by molar-refractivity contribution is 0.0508. The fourth-order valence-corrected chi connectivity index (χ4v) is 0.588. The normalized spacial score (nSPS) is 10.0. The molecular formula is C3H3Br3Cl6O3. The number of carbonyl (C=O) groups is 1. The summed E-state index contributed by atoms with van der Waals surface area (Å²) in [6.07, 6.45) is -1.41. The van der Waals surface area contributed by atoms with E-state index in [1.165, 1.54) is 0 Å². The van der Waals surface area contributed by atoms with E-state index in [0.29, 0.717) is 0 Å². The van der Waals surface area contributed by atoms with Gasteiger partial charge in [-0.1, -0.05) is 0 Å². The van der Waals surface area contributed by atoms with Crippen LogP contribution in [0.3, 0.4) is 0 Å². The minimum absolute atomic E-state index is 0. The molecule has 0 radical (unpaired) electrons. The summed E-state index contributed by atoms with van der Waals surface area (Å²) in [5.74, 6) is 0. The molecule has 0 fully saturated rings. The van der Waals surface area contributed by atoms with Gasteiger partial charge in [-0.3, -0.25) is 0 Å². The monoisotopic (exact) mass is 534 g/mol. The number of hydrogen-bond donors (Lipinski definition) is 0. The molecule has 0 unspecified atom stereocenters. The second kappa shape index (κ2) is 10.4. The molecule has 0 saturated carbocycles. The number of alkyl halides is 6. The van der Waals surface area contributed by atoms with Crippen molar-refractivity contribution in [3.8, 4) is 0 Å². The molecule has 0 aromatic rings. The molecule has 0 heterocycles. The minimum atomic E-state index is -2.24. The summed E-state index contributed by atoms with van der Waals surface area (Å²) in [6, 6.07) is 0. The van der Waals surface area contributed by atoms with Crippen LogP contribution in [0.25, 0.3) is 0 Å². The van der Waals surface area contributed by atoms with E-state index >= 15 is 0 Å². The topological polar surface area (TPSA) is 35.5 Å². The Morgan fingerprint density at radius 3 is 1.07 bits per heavy atom. The van der Waals surface area contributed by atoms with Crippen molar-refractivity contribution >= 4 is 127 Å². The van der Waals surface area contributed by atoms with Crippen molar-refractivity contribution in [1.29, 1.82) is 0 Å². The van der Waals surface area contributed by atoms with Gasteiger partial charge in [-0.25, -0.2) is 4.79 Å². The van der Waals surface area contributed by atoms with Gasteiger partial charge in [0, 0.05) is 0 Å². The molecule has 0 aromatic heterocycles. The Hall–Kier alpha value is 2.45. The Balaban J connectivity index is -0.000000202. The first-order chi connectivity index (χ1) is 5.10. The number of halogens is 9. The van der Waals surface area contributed by atoms with Gasteiger partial charge in [0.2, 0.25) is 0 Å². The highest BCUT2D eigenvalue weighted by Gasteiger charge is 2.32. The quantitative estimate of drug-likeness (QED) is 0.300. The lowest BCUT2D eigenvalue weighted by Gasteiger charge is -2.15. The van der Waals surface area contributed by atoms with Gasteiger partial charge in [0.05, 0.1) is 0 Å². The van der Waals surface area contributed by atoms with E-state index < -0.39 is 14.1 Å². The van der Waals surface area contributed by atoms with Crippen LogP contribution in [0.5, 0.6) is 0 Å². The molecule has 15 heavy (non-hydrogen) atoms. The van der Waals surface area contributed by atoms with E-state index in [-0.39, 0.29) is 50.9 Å². The Morgan fingerprint density at radius 1 is 0.733 bits per heavy atom. The maximum absolute atomic E-state index is 10.5. The first-order valence-corrected chi connectivity index (χ1v) is 4.42. The summed E-state index contributed by atoms with van der Waals surface area (Å²) in [5, 5.41) is 0. The molecule has 0 aromatic carbocycles. The standard InChI is InChI=1S/C3Cl6O3.3BrH/c4-2(5,6)11-1(10)12-3(7,8)9;;;/h;3*1H. The molecule has 0 amide bonds. The van der Waals surface area contributed by atoms with Crippen LogP contribution in [-0.2, 0) is 9.47 Å². The molecule has 0 aliphatic rings. The van der Waals surface area contributed by atoms with Gasteiger partial charge in [-0.2, -0.15) is 0 Å². The lowest BCUT2D eigenvalue weighted by atomic mass is 11.3. The highest BCUT2D eigenvalue weighted by atomic mass is 79.9. The van der Waals surface area contributed by atoms with Gasteiger partial charge in [0.1, 0.15) is 0 Å². The molecule has 3 nitrogen and oxygen atoms in total. The van der Waals surface area contributed by atoms with E-state index in [4.69, 9.17) is 69.6 Å². The van der Waals surface area contributed by atoms with Gasteiger partial charge < -0.3 is 9.47 Å². The third-order valence-corrected chi connectivity index (χ3v) is 0.861. The number of rotatable bonds is 0. The van der Waals surface area contributed by atoms with E-state index in [1.807, 2.05) is 0 Å². The molecular weight excluding hydrogens is 536 g/mol. The van der Waals surface area contributed by atoms with Crippen LogP contribution in [0.15, 0.2) is 0 Å². The predicted molar refractivity (Wildman–Crippen MR) is 79.1 cm³/mol. The van der Waals surface area contributed by atoms with Crippen molar-refractivity contribution in [2.75, 3.05) is 0 Å². The summed E-state index contributed by atoms with van der Waals surface area (Å²) in [6.45, 7) is 0. The Bertz CT molecular complexity index is 161. The van der Waals surface area contributed by atoms with Gasteiger partial charge in [-0.05, 0) is 69.6 Å². The SMILES string of the molecule is Br.Br.Br.O=C(OC(Cl)(Cl)Cl)OC(Cl)(Cl)Cl. The summed E-state index contributed by atoms with van der Waals surface area (Å²) < 4.78 is 3.50. The highest BCUT2D eigenvalue weighted by Crippen LogP contribution is 2.32. The molecule has 0 atom stereocenters. The van der Waals surface area contributed by atoms with Gasteiger partial charge in [0.25, 0.3) is 0 Å².